The second-order valence-electron chi connectivity index (χ2n) is 4.79. The van der Waals surface area contributed by atoms with Crippen molar-refractivity contribution in [2.45, 2.75) is 50.5 Å². The Balaban J connectivity index is 2.71. The molecule has 0 aromatic heterocycles. The molecule has 108 valence electrons. The van der Waals surface area contributed by atoms with E-state index in [0.29, 0.717) is 11.4 Å². The molecule has 0 aliphatic carbocycles. The Labute approximate surface area is 116 Å². The molecule has 0 bridgehead atoms. The second kappa shape index (κ2) is 7.62. The van der Waals surface area contributed by atoms with Gasteiger partial charge in [0.25, 0.3) is 0 Å². The van der Waals surface area contributed by atoms with Gasteiger partial charge in [0.05, 0.1) is 4.90 Å². The van der Waals surface area contributed by atoms with Gasteiger partial charge in [-0.25, -0.2) is 13.1 Å². The van der Waals surface area contributed by atoms with Crippen LogP contribution in [0.2, 0.25) is 0 Å². The van der Waals surface area contributed by atoms with Crippen LogP contribution in [0, 0.1) is 0 Å². The van der Waals surface area contributed by atoms with Gasteiger partial charge >= 0.3 is 0 Å². The van der Waals surface area contributed by atoms with Crippen LogP contribution in [0.15, 0.2) is 29.2 Å². The summed E-state index contributed by atoms with van der Waals surface area (Å²) < 4.78 is 26.3. The van der Waals surface area contributed by atoms with E-state index in [4.69, 9.17) is 5.73 Å². The maximum atomic E-state index is 11.9. The van der Waals surface area contributed by atoms with Crippen molar-refractivity contribution in [2.24, 2.45) is 5.73 Å². The first-order chi connectivity index (χ1) is 8.99. The number of nitrogens with one attached hydrogen (secondary N) is 1. The number of sulfonamides is 1. The lowest BCUT2D eigenvalue weighted by molar-refractivity contribution is 0.580. The number of benzene rings is 1. The van der Waals surface area contributed by atoms with Crippen LogP contribution < -0.4 is 10.5 Å². The van der Waals surface area contributed by atoms with Crippen LogP contribution in [0.4, 0.5) is 0 Å². The molecule has 0 aliphatic rings. The molecule has 1 atom stereocenters. The smallest absolute Gasteiger partial charge is 0.240 e. The summed E-state index contributed by atoms with van der Waals surface area (Å²) >= 11 is 0. The molecule has 3 N–H and O–H groups in total. The lowest BCUT2D eigenvalue weighted by atomic mass is 10.0. The largest absolute Gasteiger partial charge is 0.327 e. The maximum Gasteiger partial charge on any atom is 0.240 e. The zero-order valence-corrected chi connectivity index (χ0v) is 12.5. The Morgan fingerprint density at radius 3 is 2.32 bits per heavy atom. The molecule has 19 heavy (non-hydrogen) atoms. The fraction of sp³-hybridized carbons (Fsp3) is 0.571. The third-order valence-electron chi connectivity index (χ3n) is 2.93. The van der Waals surface area contributed by atoms with Crippen LogP contribution >= 0.6 is 0 Å². The average Bonchev–Trinajstić information content (AvgIpc) is 2.37. The molecular weight excluding hydrogens is 260 g/mol. The first-order valence-corrected chi connectivity index (χ1v) is 8.32. The van der Waals surface area contributed by atoms with Crippen LogP contribution in [0.1, 0.15) is 38.7 Å². The molecule has 1 rings (SSSR count). The van der Waals surface area contributed by atoms with E-state index in [-0.39, 0.29) is 6.04 Å². The van der Waals surface area contributed by atoms with E-state index in [0.717, 1.165) is 31.2 Å². The molecule has 0 aliphatic heterocycles. The summed E-state index contributed by atoms with van der Waals surface area (Å²) in [6.45, 7) is 4.50. The molecule has 0 amide bonds. The van der Waals surface area contributed by atoms with Crippen molar-refractivity contribution >= 4 is 10.0 Å². The summed E-state index contributed by atoms with van der Waals surface area (Å²) in [6.07, 6.45) is 3.62. The Kier molecular flexibility index (Phi) is 6.48. The molecule has 0 saturated heterocycles. The van der Waals surface area contributed by atoms with Crippen LogP contribution in [-0.4, -0.2) is 21.0 Å². The SMILES string of the molecule is CCCNS(=O)(=O)c1ccc(CC(N)CCC)cc1. The molecule has 1 unspecified atom stereocenters. The van der Waals surface area contributed by atoms with E-state index in [2.05, 4.69) is 11.6 Å². The topological polar surface area (TPSA) is 72.2 Å². The third kappa shape index (κ3) is 5.30. The van der Waals surface area contributed by atoms with E-state index in [9.17, 15) is 8.42 Å². The zero-order chi connectivity index (χ0) is 14.3. The zero-order valence-electron chi connectivity index (χ0n) is 11.7. The molecule has 4 nitrogen and oxygen atoms in total. The lowest BCUT2D eigenvalue weighted by Crippen LogP contribution is -2.24. The van der Waals surface area contributed by atoms with E-state index in [1.807, 2.05) is 19.1 Å². The van der Waals surface area contributed by atoms with E-state index < -0.39 is 10.0 Å². The highest BCUT2D eigenvalue weighted by Crippen LogP contribution is 2.12. The number of rotatable bonds is 8. The van der Waals surface area contributed by atoms with Gasteiger partial charge in [-0.05, 0) is 37.0 Å². The Bertz CT molecular complexity index is 469. The van der Waals surface area contributed by atoms with Crippen molar-refractivity contribution < 1.29 is 8.42 Å². The van der Waals surface area contributed by atoms with Gasteiger partial charge in [-0.1, -0.05) is 32.4 Å². The molecule has 1 aromatic carbocycles. The second-order valence-corrected chi connectivity index (χ2v) is 6.56. The number of hydrogen-bond donors (Lipinski definition) is 2. The minimum atomic E-state index is -3.36. The number of nitrogens with two attached hydrogens (primary N) is 1. The molecule has 0 spiro atoms. The van der Waals surface area contributed by atoms with Crippen molar-refractivity contribution in [3.05, 3.63) is 29.8 Å². The van der Waals surface area contributed by atoms with Gasteiger partial charge in [-0.2, -0.15) is 0 Å². The fourth-order valence-corrected chi connectivity index (χ4v) is 3.03. The molecule has 1 aromatic rings. The Morgan fingerprint density at radius 2 is 1.79 bits per heavy atom. The highest BCUT2D eigenvalue weighted by Gasteiger charge is 2.12. The summed E-state index contributed by atoms with van der Waals surface area (Å²) in [4.78, 5) is 0.314. The van der Waals surface area contributed by atoms with Gasteiger partial charge in [0.15, 0.2) is 0 Å². The van der Waals surface area contributed by atoms with Crippen LogP contribution in [0.5, 0.6) is 0 Å². The van der Waals surface area contributed by atoms with Crippen molar-refractivity contribution in [3.8, 4) is 0 Å². The van der Waals surface area contributed by atoms with Gasteiger partial charge < -0.3 is 5.73 Å². The summed E-state index contributed by atoms with van der Waals surface area (Å²) in [7, 11) is -3.36. The quantitative estimate of drug-likeness (QED) is 0.767. The van der Waals surface area contributed by atoms with Crippen LogP contribution in [0.3, 0.4) is 0 Å². The maximum absolute atomic E-state index is 11.9. The molecule has 0 saturated carbocycles. The lowest BCUT2D eigenvalue weighted by Gasteiger charge is -2.11. The first-order valence-electron chi connectivity index (χ1n) is 6.83. The molecule has 0 heterocycles. The first kappa shape index (κ1) is 16.1. The fourth-order valence-electron chi connectivity index (χ4n) is 1.90. The van der Waals surface area contributed by atoms with E-state index in [1.165, 1.54) is 0 Å². The van der Waals surface area contributed by atoms with Gasteiger partial charge in [0, 0.05) is 12.6 Å². The van der Waals surface area contributed by atoms with Crippen LogP contribution in [-0.2, 0) is 16.4 Å². The van der Waals surface area contributed by atoms with E-state index in [1.54, 1.807) is 12.1 Å². The Morgan fingerprint density at radius 1 is 1.16 bits per heavy atom. The van der Waals surface area contributed by atoms with Crippen LogP contribution in [0.25, 0.3) is 0 Å². The Hall–Kier alpha value is -0.910. The minimum Gasteiger partial charge on any atom is -0.327 e. The van der Waals surface area contributed by atoms with Gasteiger partial charge in [-0.15, -0.1) is 0 Å². The van der Waals surface area contributed by atoms with Crippen molar-refractivity contribution in [2.75, 3.05) is 6.54 Å². The molecule has 0 fully saturated rings. The predicted octanol–water partition coefficient (Wildman–Crippen LogP) is 2.04. The predicted molar refractivity (Wildman–Crippen MR) is 78.5 cm³/mol. The van der Waals surface area contributed by atoms with E-state index >= 15 is 0 Å². The average molecular weight is 284 g/mol. The van der Waals surface area contributed by atoms with Gasteiger partial charge in [-0.3, -0.25) is 0 Å². The summed E-state index contributed by atoms with van der Waals surface area (Å²) in [6, 6.07) is 7.12. The highest BCUT2D eigenvalue weighted by molar-refractivity contribution is 7.89. The summed E-state index contributed by atoms with van der Waals surface area (Å²) in [5.41, 5.74) is 7.05. The van der Waals surface area contributed by atoms with Gasteiger partial charge in [0.2, 0.25) is 10.0 Å². The van der Waals surface area contributed by atoms with Gasteiger partial charge in [0.1, 0.15) is 0 Å². The summed E-state index contributed by atoms with van der Waals surface area (Å²) in [5.74, 6) is 0. The standard InChI is InChI=1S/C14H24N2O2S/c1-3-5-13(15)11-12-6-8-14(9-7-12)19(17,18)16-10-4-2/h6-9,13,16H,3-5,10-11,15H2,1-2H3. The molecule has 0 radical (unpaired) electrons. The highest BCUT2D eigenvalue weighted by atomic mass is 32.2. The number of hydrogen-bond acceptors (Lipinski definition) is 3. The van der Waals surface area contributed by atoms with Crippen molar-refractivity contribution in [3.63, 3.8) is 0 Å². The normalized spacial score (nSPS) is 13.4. The molecule has 5 heteroatoms. The molecular formula is C14H24N2O2S. The van der Waals surface area contributed by atoms with Crippen molar-refractivity contribution in [1.82, 2.24) is 4.72 Å². The third-order valence-corrected chi connectivity index (χ3v) is 4.41. The minimum absolute atomic E-state index is 0.144. The monoisotopic (exact) mass is 284 g/mol. The summed E-state index contributed by atoms with van der Waals surface area (Å²) in [5, 5.41) is 0. The van der Waals surface area contributed by atoms with Crippen molar-refractivity contribution in [1.29, 1.82) is 0 Å².